The van der Waals surface area contributed by atoms with Crippen molar-refractivity contribution < 1.29 is 14.0 Å². The molecule has 5 nitrogen and oxygen atoms in total. The van der Waals surface area contributed by atoms with Crippen molar-refractivity contribution >= 4 is 12.2 Å². The summed E-state index contributed by atoms with van der Waals surface area (Å²) in [6, 6.07) is 8.23. The van der Waals surface area contributed by atoms with E-state index in [0.29, 0.717) is 23.2 Å². The first-order chi connectivity index (χ1) is 11.1. The van der Waals surface area contributed by atoms with Crippen LogP contribution in [0.25, 0.3) is 0 Å². The Morgan fingerprint density at radius 3 is 2.52 bits per heavy atom. The van der Waals surface area contributed by atoms with Crippen LogP contribution >= 0.6 is 0 Å². The quantitative estimate of drug-likeness (QED) is 0.813. The summed E-state index contributed by atoms with van der Waals surface area (Å²) in [5, 5.41) is 0. The lowest BCUT2D eigenvalue weighted by Crippen LogP contribution is -2.57. The molecule has 3 rings (SSSR count). The number of rotatable bonds is 4. The van der Waals surface area contributed by atoms with Crippen LogP contribution in [0.4, 0.5) is 4.39 Å². The molecule has 1 fully saturated rings. The van der Waals surface area contributed by atoms with E-state index in [2.05, 4.69) is 9.97 Å². The van der Waals surface area contributed by atoms with Crippen LogP contribution in [0, 0.1) is 0 Å². The monoisotopic (exact) mass is 313 g/mol. The fourth-order valence-electron chi connectivity index (χ4n) is 2.99. The average molecular weight is 313 g/mol. The zero-order valence-corrected chi connectivity index (χ0v) is 12.6. The zero-order chi connectivity index (χ0) is 16.4. The maximum atomic E-state index is 13.6. The lowest BCUT2D eigenvalue weighted by molar-refractivity contribution is -0.0237. The number of benzene rings is 1. The van der Waals surface area contributed by atoms with Crippen LogP contribution in [0.5, 0.6) is 0 Å². The van der Waals surface area contributed by atoms with E-state index in [-0.39, 0.29) is 18.7 Å². The summed E-state index contributed by atoms with van der Waals surface area (Å²) in [6.45, 7) is 0. The maximum absolute atomic E-state index is 13.6. The molecule has 1 aliphatic rings. The summed E-state index contributed by atoms with van der Waals surface area (Å²) in [7, 11) is 1.60. The Kier molecular flexibility index (Phi) is 3.90. The SMILES string of the molecule is CN(C(=O)c1ccccc1C=O)C1(c2ncccn2)CC(F)C1. The van der Waals surface area contributed by atoms with Crippen LogP contribution in [0.3, 0.4) is 0 Å². The van der Waals surface area contributed by atoms with E-state index in [9.17, 15) is 14.0 Å². The van der Waals surface area contributed by atoms with Gasteiger partial charge >= 0.3 is 0 Å². The van der Waals surface area contributed by atoms with E-state index < -0.39 is 11.7 Å². The predicted molar refractivity (Wildman–Crippen MR) is 81.8 cm³/mol. The van der Waals surface area contributed by atoms with Crippen LogP contribution in [0.2, 0.25) is 0 Å². The molecule has 0 aliphatic heterocycles. The molecule has 0 atom stereocenters. The van der Waals surface area contributed by atoms with Crippen molar-refractivity contribution in [1.82, 2.24) is 14.9 Å². The molecule has 118 valence electrons. The van der Waals surface area contributed by atoms with E-state index in [1.807, 2.05) is 0 Å². The van der Waals surface area contributed by atoms with Crippen LogP contribution in [0.15, 0.2) is 42.7 Å². The van der Waals surface area contributed by atoms with Gasteiger partial charge in [-0.1, -0.05) is 18.2 Å². The molecule has 0 bridgehead atoms. The largest absolute Gasteiger partial charge is 0.328 e. The second kappa shape index (κ2) is 5.87. The lowest BCUT2D eigenvalue weighted by Gasteiger charge is -2.48. The molecule has 1 amide bonds. The van der Waals surface area contributed by atoms with E-state index in [4.69, 9.17) is 0 Å². The maximum Gasteiger partial charge on any atom is 0.255 e. The van der Waals surface area contributed by atoms with Crippen LogP contribution < -0.4 is 0 Å². The normalized spacial score (nSPS) is 23.0. The second-order valence-corrected chi connectivity index (χ2v) is 5.68. The fourth-order valence-corrected chi connectivity index (χ4v) is 2.99. The number of aldehydes is 1. The molecule has 0 saturated heterocycles. The van der Waals surface area contributed by atoms with Crippen LogP contribution in [-0.4, -0.2) is 40.3 Å². The van der Waals surface area contributed by atoms with Crippen molar-refractivity contribution in [2.24, 2.45) is 0 Å². The van der Waals surface area contributed by atoms with Gasteiger partial charge in [0, 0.05) is 37.8 Å². The second-order valence-electron chi connectivity index (χ2n) is 5.68. The third-order valence-corrected chi connectivity index (χ3v) is 4.37. The minimum Gasteiger partial charge on any atom is -0.328 e. The van der Waals surface area contributed by atoms with E-state index in [1.165, 1.54) is 4.90 Å². The van der Waals surface area contributed by atoms with Gasteiger partial charge in [0.1, 0.15) is 11.7 Å². The van der Waals surface area contributed by atoms with Crippen molar-refractivity contribution in [3.63, 3.8) is 0 Å². The molecule has 6 heteroatoms. The van der Waals surface area contributed by atoms with Crippen molar-refractivity contribution in [3.05, 3.63) is 59.7 Å². The highest BCUT2D eigenvalue weighted by Gasteiger charge is 2.53. The molecular formula is C17H16FN3O2. The average Bonchev–Trinajstić information content (AvgIpc) is 2.58. The Balaban J connectivity index is 1.98. The highest BCUT2D eigenvalue weighted by molar-refractivity contribution is 6.01. The number of carbonyl (C=O) groups excluding carboxylic acids is 2. The van der Waals surface area contributed by atoms with Gasteiger partial charge in [-0.25, -0.2) is 14.4 Å². The summed E-state index contributed by atoms with van der Waals surface area (Å²) >= 11 is 0. The van der Waals surface area contributed by atoms with Crippen molar-refractivity contribution in [2.75, 3.05) is 7.05 Å². The van der Waals surface area contributed by atoms with Gasteiger partial charge in [-0.15, -0.1) is 0 Å². The minimum atomic E-state index is -0.990. The van der Waals surface area contributed by atoms with Gasteiger partial charge in [0.05, 0.1) is 5.56 Å². The number of aromatic nitrogens is 2. The Morgan fingerprint density at radius 1 is 1.26 bits per heavy atom. The zero-order valence-electron chi connectivity index (χ0n) is 12.6. The van der Waals surface area contributed by atoms with Crippen molar-refractivity contribution in [2.45, 2.75) is 24.6 Å². The van der Waals surface area contributed by atoms with E-state index in [0.717, 1.165) is 0 Å². The fraction of sp³-hybridized carbons (Fsp3) is 0.294. The number of halogens is 1. The molecule has 0 radical (unpaired) electrons. The van der Waals surface area contributed by atoms with Gasteiger partial charge in [-0.05, 0) is 12.1 Å². The number of hydrogen-bond donors (Lipinski definition) is 0. The standard InChI is InChI=1S/C17H16FN3O2/c1-21(15(23)14-6-3-2-5-12(14)11-22)17(9-13(18)10-17)16-19-7-4-8-20-16/h2-8,11,13H,9-10H2,1H3. The summed E-state index contributed by atoms with van der Waals surface area (Å²) in [6.07, 6.45) is 3.12. The topological polar surface area (TPSA) is 63.2 Å². The Hall–Kier alpha value is -2.63. The van der Waals surface area contributed by atoms with E-state index >= 15 is 0 Å². The Morgan fingerprint density at radius 2 is 1.91 bits per heavy atom. The Labute approximate surface area is 133 Å². The van der Waals surface area contributed by atoms with Gasteiger partial charge in [0.15, 0.2) is 12.1 Å². The van der Waals surface area contributed by atoms with Crippen molar-refractivity contribution in [1.29, 1.82) is 0 Å². The lowest BCUT2D eigenvalue weighted by atomic mass is 9.72. The highest BCUT2D eigenvalue weighted by atomic mass is 19.1. The molecule has 1 aliphatic carbocycles. The predicted octanol–water partition coefficient (Wildman–Crippen LogP) is 2.39. The Bertz CT molecular complexity index is 730. The van der Waals surface area contributed by atoms with Gasteiger partial charge in [0.25, 0.3) is 5.91 Å². The molecule has 0 N–H and O–H groups in total. The molecule has 0 unspecified atom stereocenters. The summed E-state index contributed by atoms with van der Waals surface area (Å²) < 4.78 is 13.6. The number of alkyl halides is 1. The van der Waals surface area contributed by atoms with Gasteiger partial charge in [-0.2, -0.15) is 0 Å². The summed E-state index contributed by atoms with van der Waals surface area (Å²) in [4.78, 5) is 33.9. The number of nitrogens with zero attached hydrogens (tertiary/aromatic N) is 3. The summed E-state index contributed by atoms with van der Waals surface area (Å²) in [5.74, 6) is 0.0837. The highest BCUT2D eigenvalue weighted by Crippen LogP contribution is 2.46. The van der Waals surface area contributed by atoms with Crippen LogP contribution in [-0.2, 0) is 5.54 Å². The summed E-state index contributed by atoms with van der Waals surface area (Å²) in [5.41, 5.74) is -0.263. The van der Waals surface area contributed by atoms with Crippen LogP contribution in [0.1, 0.15) is 39.4 Å². The molecule has 1 saturated carbocycles. The third-order valence-electron chi connectivity index (χ3n) is 4.37. The third kappa shape index (κ3) is 2.50. The number of amides is 1. The molecule has 23 heavy (non-hydrogen) atoms. The van der Waals surface area contributed by atoms with E-state index in [1.54, 1.807) is 49.8 Å². The first kappa shape index (κ1) is 15.3. The first-order valence-corrected chi connectivity index (χ1v) is 7.32. The van der Waals surface area contributed by atoms with Crippen molar-refractivity contribution in [3.8, 4) is 0 Å². The van der Waals surface area contributed by atoms with Gasteiger partial charge in [-0.3, -0.25) is 9.59 Å². The van der Waals surface area contributed by atoms with Gasteiger partial charge < -0.3 is 4.90 Å². The number of carbonyl (C=O) groups is 2. The molecule has 1 heterocycles. The first-order valence-electron chi connectivity index (χ1n) is 7.32. The van der Waals surface area contributed by atoms with Gasteiger partial charge in [0.2, 0.25) is 0 Å². The molecule has 0 spiro atoms. The smallest absolute Gasteiger partial charge is 0.255 e. The minimum absolute atomic E-state index is 0.155. The molecule has 1 aromatic heterocycles. The molecular weight excluding hydrogens is 297 g/mol. The molecule has 2 aromatic rings. The number of hydrogen-bond acceptors (Lipinski definition) is 4. The molecule has 1 aromatic carbocycles.